The zero-order valence-corrected chi connectivity index (χ0v) is 13.3. The zero-order chi connectivity index (χ0) is 17.3. The smallest absolute Gasteiger partial charge is 0.423 e. The molecule has 0 fully saturated rings. The van der Waals surface area contributed by atoms with Gasteiger partial charge in [0.2, 0.25) is 11.8 Å². The number of para-hydroxylation sites is 1. The maximum absolute atomic E-state index is 13.1. The lowest BCUT2D eigenvalue weighted by molar-refractivity contribution is -0.140. The molecule has 0 spiro atoms. The predicted molar refractivity (Wildman–Crippen MR) is 81.9 cm³/mol. The Morgan fingerprint density at radius 2 is 1.74 bits per heavy atom. The first-order valence-corrected chi connectivity index (χ1v) is 7.02. The van der Waals surface area contributed by atoms with Crippen molar-refractivity contribution in [1.29, 1.82) is 0 Å². The maximum atomic E-state index is 13.1. The fourth-order valence-corrected chi connectivity index (χ4v) is 1.82. The molecule has 0 aliphatic carbocycles. The van der Waals surface area contributed by atoms with Crippen molar-refractivity contribution in [3.8, 4) is 5.88 Å². The average molecular weight is 325 g/mol. The summed E-state index contributed by atoms with van der Waals surface area (Å²) in [6.45, 7) is 6.84. The van der Waals surface area contributed by atoms with Crippen molar-refractivity contribution in [3.63, 3.8) is 0 Å². The van der Waals surface area contributed by atoms with Gasteiger partial charge in [0.25, 0.3) is 0 Å². The lowest BCUT2D eigenvalue weighted by Gasteiger charge is -2.23. The van der Waals surface area contributed by atoms with Crippen LogP contribution in [-0.2, 0) is 6.18 Å². The molecule has 0 radical (unpaired) electrons. The van der Waals surface area contributed by atoms with Gasteiger partial charge in [-0.1, -0.05) is 18.2 Å². The van der Waals surface area contributed by atoms with E-state index in [1.165, 1.54) is 0 Å². The third-order valence-corrected chi connectivity index (χ3v) is 2.85. The summed E-state index contributed by atoms with van der Waals surface area (Å²) in [4.78, 5) is 7.65. The Bertz CT molecular complexity index is 694. The Balaban J connectivity index is 2.40. The fourth-order valence-electron chi connectivity index (χ4n) is 1.82. The van der Waals surface area contributed by atoms with Crippen LogP contribution in [0.15, 0.2) is 30.5 Å². The number of aromatic nitrogens is 2. The number of nitrogens with one attached hydrogen (secondary N) is 1. The second kappa shape index (κ2) is 6.06. The standard InChI is InChI=1S/C16H18F3N3O/c1-10-7-5-6-8-12(10)21-14-20-9-11(16(17,18)19)13(22-14)23-15(2,3)4/h5-9H,1-4H3,(H,20,21,22). The number of aryl methyl sites for hydroxylation is 1. The summed E-state index contributed by atoms with van der Waals surface area (Å²) in [5, 5.41) is 2.91. The van der Waals surface area contributed by atoms with E-state index in [4.69, 9.17) is 4.74 Å². The molecule has 0 aliphatic rings. The third kappa shape index (κ3) is 4.58. The van der Waals surface area contributed by atoms with E-state index in [1.807, 2.05) is 25.1 Å². The number of halogens is 3. The molecule has 7 heteroatoms. The van der Waals surface area contributed by atoms with Crippen molar-refractivity contribution >= 4 is 11.6 Å². The molecule has 0 unspecified atom stereocenters. The van der Waals surface area contributed by atoms with Gasteiger partial charge in [-0.15, -0.1) is 0 Å². The quantitative estimate of drug-likeness (QED) is 0.886. The molecule has 1 heterocycles. The molecule has 0 amide bonds. The van der Waals surface area contributed by atoms with E-state index in [2.05, 4.69) is 15.3 Å². The highest BCUT2D eigenvalue weighted by Gasteiger charge is 2.37. The highest BCUT2D eigenvalue weighted by molar-refractivity contribution is 5.58. The van der Waals surface area contributed by atoms with Crippen LogP contribution < -0.4 is 10.1 Å². The predicted octanol–water partition coefficient (Wildman–Crippen LogP) is 4.72. The Labute approximate surface area is 132 Å². The number of nitrogens with zero attached hydrogens (tertiary/aromatic N) is 2. The van der Waals surface area contributed by atoms with Gasteiger partial charge < -0.3 is 10.1 Å². The molecule has 0 bridgehead atoms. The number of hydrogen-bond acceptors (Lipinski definition) is 4. The average Bonchev–Trinajstić information content (AvgIpc) is 2.38. The molecule has 124 valence electrons. The number of hydrogen-bond donors (Lipinski definition) is 1. The molecule has 0 atom stereocenters. The van der Waals surface area contributed by atoms with Crippen molar-refractivity contribution in [3.05, 3.63) is 41.6 Å². The van der Waals surface area contributed by atoms with E-state index in [0.29, 0.717) is 5.69 Å². The summed E-state index contributed by atoms with van der Waals surface area (Å²) >= 11 is 0. The van der Waals surface area contributed by atoms with Crippen LogP contribution in [0.4, 0.5) is 24.8 Å². The molecule has 23 heavy (non-hydrogen) atoms. The molecule has 2 rings (SSSR count). The minimum Gasteiger partial charge on any atom is -0.471 e. The van der Waals surface area contributed by atoms with Crippen LogP contribution in [0.5, 0.6) is 5.88 Å². The van der Waals surface area contributed by atoms with Gasteiger partial charge in [0.05, 0.1) is 0 Å². The molecule has 0 aliphatic heterocycles. The summed E-state index contributed by atoms with van der Waals surface area (Å²) < 4.78 is 44.6. The summed E-state index contributed by atoms with van der Waals surface area (Å²) in [5.41, 5.74) is -0.167. The van der Waals surface area contributed by atoms with Crippen LogP contribution in [-0.4, -0.2) is 15.6 Å². The van der Waals surface area contributed by atoms with Crippen LogP contribution in [0.3, 0.4) is 0 Å². The first kappa shape index (κ1) is 17.1. The maximum Gasteiger partial charge on any atom is 0.423 e. The second-order valence-corrected chi connectivity index (χ2v) is 6.06. The number of anilines is 2. The lowest BCUT2D eigenvalue weighted by atomic mass is 10.2. The second-order valence-electron chi connectivity index (χ2n) is 6.06. The number of ether oxygens (including phenoxy) is 1. The summed E-state index contributed by atoms with van der Waals surface area (Å²) in [6.07, 6.45) is -3.85. The van der Waals surface area contributed by atoms with Crippen LogP contribution in [0.2, 0.25) is 0 Å². The Kier molecular flexibility index (Phi) is 4.49. The summed E-state index contributed by atoms with van der Waals surface area (Å²) in [7, 11) is 0. The SMILES string of the molecule is Cc1ccccc1Nc1ncc(C(F)(F)F)c(OC(C)(C)C)n1. The first-order chi connectivity index (χ1) is 10.6. The van der Waals surface area contributed by atoms with E-state index in [0.717, 1.165) is 11.8 Å². The fraction of sp³-hybridized carbons (Fsp3) is 0.375. The summed E-state index contributed by atoms with van der Waals surface area (Å²) in [5.74, 6) is -0.442. The van der Waals surface area contributed by atoms with Crippen molar-refractivity contribution in [2.75, 3.05) is 5.32 Å². The van der Waals surface area contributed by atoms with E-state index < -0.39 is 23.2 Å². The molecule has 4 nitrogen and oxygen atoms in total. The van der Waals surface area contributed by atoms with Crippen molar-refractivity contribution in [1.82, 2.24) is 9.97 Å². The third-order valence-electron chi connectivity index (χ3n) is 2.85. The molecule has 2 aromatic rings. The number of alkyl halides is 3. The van der Waals surface area contributed by atoms with Gasteiger partial charge in [-0.25, -0.2) is 4.98 Å². The lowest BCUT2D eigenvalue weighted by Crippen LogP contribution is -2.26. The van der Waals surface area contributed by atoms with Gasteiger partial charge in [-0.3, -0.25) is 0 Å². The number of benzene rings is 1. The molecular weight excluding hydrogens is 307 g/mol. The largest absolute Gasteiger partial charge is 0.471 e. The van der Waals surface area contributed by atoms with Crippen LogP contribution >= 0.6 is 0 Å². The van der Waals surface area contributed by atoms with E-state index in [1.54, 1.807) is 26.8 Å². The van der Waals surface area contributed by atoms with Crippen LogP contribution in [0, 0.1) is 6.92 Å². The van der Waals surface area contributed by atoms with Gasteiger partial charge in [-0.05, 0) is 39.3 Å². The zero-order valence-electron chi connectivity index (χ0n) is 13.3. The molecule has 0 saturated carbocycles. The van der Waals surface area contributed by atoms with Gasteiger partial charge in [0.1, 0.15) is 11.2 Å². The van der Waals surface area contributed by atoms with E-state index in [-0.39, 0.29) is 5.95 Å². The van der Waals surface area contributed by atoms with Gasteiger partial charge in [0, 0.05) is 11.9 Å². The topological polar surface area (TPSA) is 47.0 Å². The van der Waals surface area contributed by atoms with Gasteiger partial charge in [-0.2, -0.15) is 18.2 Å². The molecule has 0 saturated heterocycles. The number of rotatable bonds is 3. The highest BCUT2D eigenvalue weighted by atomic mass is 19.4. The summed E-state index contributed by atoms with van der Waals surface area (Å²) in [6, 6.07) is 7.34. The minimum absolute atomic E-state index is 0.0477. The minimum atomic E-state index is -4.58. The van der Waals surface area contributed by atoms with Crippen LogP contribution in [0.1, 0.15) is 31.9 Å². The monoisotopic (exact) mass is 325 g/mol. The van der Waals surface area contributed by atoms with Gasteiger partial charge >= 0.3 is 6.18 Å². The highest BCUT2D eigenvalue weighted by Crippen LogP contribution is 2.36. The van der Waals surface area contributed by atoms with E-state index in [9.17, 15) is 13.2 Å². The van der Waals surface area contributed by atoms with Crippen molar-refractivity contribution < 1.29 is 17.9 Å². The van der Waals surface area contributed by atoms with Gasteiger partial charge in [0.15, 0.2) is 0 Å². The molecular formula is C16H18F3N3O. The van der Waals surface area contributed by atoms with Crippen LogP contribution in [0.25, 0.3) is 0 Å². The molecule has 1 N–H and O–H groups in total. The molecule has 1 aromatic carbocycles. The first-order valence-electron chi connectivity index (χ1n) is 7.02. The van der Waals surface area contributed by atoms with Crippen molar-refractivity contribution in [2.45, 2.75) is 39.5 Å². The Hall–Kier alpha value is -2.31. The van der Waals surface area contributed by atoms with E-state index >= 15 is 0 Å². The normalized spacial score (nSPS) is 12.1. The Morgan fingerprint density at radius 1 is 1.09 bits per heavy atom. The Morgan fingerprint density at radius 3 is 2.30 bits per heavy atom. The molecule has 1 aromatic heterocycles. The van der Waals surface area contributed by atoms with Crippen molar-refractivity contribution in [2.24, 2.45) is 0 Å².